The first kappa shape index (κ1) is 43.7. The number of nitrogens with zero attached hydrogens (tertiary/aromatic N) is 3. The highest BCUT2D eigenvalue weighted by Gasteiger charge is 2.27. The molecule has 0 bridgehead atoms. The number of unbranched alkanes of at least 4 members (excludes halogenated alkanes) is 6. The Balaban J connectivity index is 1.37. The van der Waals surface area contributed by atoms with Crippen LogP contribution in [0.4, 0.5) is 4.79 Å². The molecular formula is C39H41N3O16. The third-order valence-electron chi connectivity index (χ3n) is 8.98. The third kappa shape index (κ3) is 10.8. The average Bonchev–Trinajstić information content (AvgIpc) is 3.22. The van der Waals surface area contributed by atoms with E-state index in [4.69, 9.17) is 28.6 Å². The van der Waals surface area contributed by atoms with Gasteiger partial charge in [0.1, 0.15) is 0 Å². The van der Waals surface area contributed by atoms with Gasteiger partial charge in [-0.05, 0) is 62.1 Å². The van der Waals surface area contributed by atoms with Crippen LogP contribution in [0.1, 0.15) is 72.1 Å². The molecule has 58 heavy (non-hydrogen) atoms. The van der Waals surface area contributed by atoms with Gasteiger partial charge < -0.3 is 38.3 Å². The van der Waals surface area contributed by atoms with Gasteiger partial charge in [-0.15, -0.1) is 0 Å². The Morgan fingerprint density at radius 2 is 1.22 bits per heavy atom. The van der Waals surface area contributed by atoms with E-state index in [1.165, 1.54) is 55.6 Å². The normalized spacial score (nSPS) is 10.7. The van der Waals surface area contributed by atoms with Gasteiger partial charge in [0.05, 0.1) is 23.6 Å². The zero-order chi connectivity index (χ0) is 42.0. The summed E-state index contributed by atoms with van der Waals surface area (Å²) in [6.45, 7) is 0.754. The molecular weight excluding hydrogens is 766 g/mol. The molecule has 19 nitrogen and oxygen atoms in total. The first-order valence-electron chi connectivity index (χ1n) is 18.0. The molecule has 308 valence electrons. The van der Waals surface area contributed by atoms with Gasteiger partial charge >= 0.3 is 11.8 Å². The van der Waals surface area contributed by atoms with Crippen LogP contribution in [0.15, 0.2) is 68.6 Å². The summed E-state index contributed by atoms with van der Waals surface area (Å²) >= 11 is 0. The van der Waals surface area contributed by atoms with E-state index in [1.807, 2.05) is 0 Å². The Kier molecular flexibility index (Phi) is 16.5. The van der Waals surface area contributed by atoms with E-state index in [0.717, 1.165) is 4.57 Å². The van der Waals surface area contributed by atoms with Crippen molar-refractivity contribution in [3.8, 4) is 28.7 Å². The van der Waals surface area contributed by atoms with Crippen molar-refractivity contribution >= 4 is 48.3 Å². The van der Waals surface area contributed by atoms with Gasteiger partial charge in [-0.25, -0.2) is 24.3 Å². The molecule has 3 aromatic carbocycles. The molecule has 19 heteroatoms. The molecule has 0 radical (unpaired) electrons. The van der Waals surface area contributed by atoms with E-state index in [2.05, 4.69) is 4.89 Å². The van der Waals surface area contributed by atoms with Crippen molar-refractivity contribution in [3.63, 3.8) is 0 Å². The summed E-state index contributed by atoms with van der Waals surface area (Å²) in [5.74, 6) is -2.98. The molecule has 0 aliphatic carbocycles. The summed E-state index contributed by atoms with van der Waals surface area (Å²) in [5, 5.41) is 18.9. The second-order valence-electron chi connectivity index (χ2n) is 12.5. The van der Waals surface area contributed by atoms with Crippen LogP contribution in [0.2, 0.25) is 0 Å². The quantitative estimate of drug-likeness (QED) is 0.0428. The molecule has 0 aliphatic heterocycles. The highest BCUT2D eigenvalue weighted by atomic mass is 17.1. The van der Waals surface area contributed by atoms with E-state index in [-0.39, 0.29) is 90.6 Å². The first-order valence-corrected chi connectivity index (χ1v) is 18.0. The van der Waals surface area contributed by atoms with E-state index >= 15 is 0 Å². The summed E-state index contributed by atoms with van der Waals surface area (Å²) in [6.07, 6.45) is 2.40. The van der Waals surface area contributed by atoms with Gasteiger partial charge in [0.15, 0.2) is 28.6 Å². The average molecular weight is 808 g/mol. The molecule has 0 fully saturated rings. The largest absolute Gasteiger partial charge is 0.492 e. The van der Waals surface area contributed by atoms with Gasteiger partial charge in [0.2, 0.25) is 5.75 Å². The van der Waals surface area contributed by atoms with Gasteiger partial charge in [0.25, 0.3) is 36.8 Å². The van der Waals surface area contributed by atoms with Gasteiger partial charge in [-0.1, -0.05) is 43.9 Å². The second kappa shape index (κ2) is 21.9. The number of methoxy groups -OCH3 is 1. The van der Waals surface area contributed by atoms with E-state index in [1.54, 1.807) is 11.0 Å². The SMILES string of the molecule is COc1c(OC=O)cccc1C(=O)N(CCCCCCN(C(=O)O)C(=O)c1cccc(OC=O)c1OC=O)CCCCCCn1c(=O)oc2c(OO)cccc2c1=O. The lowest BCUT2D eigenvalue weighted by Crippen LogP contribution is -2.37. The Hall–Kier alpha value is -7.02. The smallest absolute Gasteiger partial charge is 0.422 e. The molecule has 1 aromatic heterocycles. The van der Waals surface area contributed by atoms with Crippen LogP contribution in [0, 0.1) is 0 Å². The fourth-order valence-corrected chi connectivity index (χ4v) is 6.23. The Morgan fingerprint density at radius 1 is 0.690 bits per heavy atom. The molecule has 3 amide bonds. The van der Waals surface area contributed by atoms with Crippen molar-refractivity contribution in [2.45, 2.75) is 57.9 Å². The minimum Gasteiger partial charge on any atom is -0.492 e. The van der Waals surface area contributed by atoms with Crippen molar-refractivity contribution in [2.75, 3.05) is 26.7 Å². The summed E-state index contributed by atoms with van der Waals surface area (Å²) in [6, 6.07) is 12.7. The highest BCUT2D eigenvalue weighted by molar-refractivity contribution is 6.05. The summed E-state index contributed by atoms with van der Waals surface area (Å²) < 4.78 is 26.2. The number of fused-ring (bicyclic) bond motifs is 1. The molecule has 0 saturated carbocycles. The Bertz CT molecular complexity index is 2220. The van der Waals surface area contributed by atoms with Crippen LogP contribution >= 0.6 is 0 Å². The summed E-state index contributed by atoms with van der Waals surface area (Å²) in [7, 11) is 1.34. The third-order valence-corrected chi connectivity index (χ3v) is 8.98. The summed E-state index contributed by atoms with van der Waals surface area (Å²) in [4.78, 5) is 104. The lowest BCUT2D eigenvalue weighted by molar-refractivity contribution is -0.136. The van der Waals surface area contributed by atoms with Gasteiger partial charge in [-0.2, -0.15) is 0 Å². The van der Waals surface area contributed by atoms with Crippen molar-refractivity contribution in [1.82, 2.24) is 14.4 Å². The maximum absolute atomic E-state index is 13.9. The zero-order valence-corrected chi connectivity index (χ0v) is 31.4. The lowest BCUT2D eigenvalue weighted by atomic mass is 10.1. The number of amides is 3. The predicted molar refractivity (Wildman–Crippen MR) is 201 cm³/mol. The topological polar surface area (TPSA) is 248 Å². The van der Waals surface area contributed by atoms with Crippen LogP contribution in [-0.2, 0) is 20.9 Å². The fraction of sp³-hybridized carbons (Fsp3) is 0.333. The molecule has 0 saturated heterocycles. The van der Waals surface area contributed by atoms with Gasteiger partial charge in [-0.3, -0.25) is 28.8 Å². The number of aromatic nitrogens is 1. The molecule has 2 N–H and O–H groups in total. The van der Waals surface area contributed by atoms with Crippen LogP contribution in [0.3, 0.4) is 0 Å². The molecule has 0 unspecified atom stereocenters. The Labute approximate surface area is 329 Å². The van der Waals surface area contributed by atoms with Gasteiger partial charge in [0, 0.05) is 26.2 Å². The van der Waals surface area contributed by atoms with Crippen molar-refractivity contribution in [2.24, 2.45) is 0 Å². The summed E-state index contributed by atoms with van der Waals surface area (Å²) in [5.41, 5.74) is -0.893. The maximum Gasteiger partial charge on any atom is 0.422 e. The lowest BCUT2D eigenvalue weighted by Gasteiger charge is -2.24. The van der Waals surface area contributed by atoms with Crippen LogP contribution < -0.4 is 35.2 Å². The number of carbonyl (C=O) groups is 6. The van der Waals surface area contributed by atoms with Crippen LogP contribution in [0.25, 0.3) is 11.0 Å². The first-order chi connectivity index (χ1) is 28.1. The van der Waals surface area contributed by atoms with Crippen LogP contribution in [0.5, 0.6) is 28.7 Å². The molecule has 4 aromatic rings. The number of hydrogen-bond donors (Lipinski definition) is 2. The molecule has 0 atom stereocenters. The van der Waals surface area contributed by atoms with E-state index in [0.29, 0.717) is 56.4 Å². The van der Waals surface area contributed by atoms with Crippen molar-refractivity contribution < 1.29 is 67.4 Å². The van der Waals surface area contributed by atoms with E-state index in [9.17, 15) is 43.5 Å². The molecule has 0 aliphatic rings. The fourth-order valence-electron chi connectivity index (χ4n) is 6.23. The van der Waals surface area contributed by atoms with Crippen molar-refractivity contribution in [3.05, 3.63) is 86.6 Å². The van der Waals surface area contributed by atoms with Crippen LogP contribution in [-0.4, -0.2) is 88.8 Å². The molecule has 4 rings (SSSR count). The minimum absolute atomic E-state index is 0.0129. The number of carbonyl (C=O) groups excluding carboxylic acids is 5. The van der Waals surface area contributed by atoms with Crippen molar-refractivity contribution in [1.29, 1.82) is 0 Å². The predicted octanol–water partition coefficient (Wildman–Crippen LogP) is 4.50. The molecule has 0 spiro atoms. The second-order valence-corrected chi connectivity index (χ2v) is 12.5. The van der Waals surface area contributed by atoms with E-state index < -0.39 is 35.0 Å². The standard InChI is InChI=1S/C39H41N3O16/c1-53-32-26(13-10-16-29(32)54-23-43)35(46)40(20-7-3-5-9-22-42-37(48)28-15-12-18-31(58-52)34(28)57-39(42)51)19-6-2-4-8-21-41(38(49)50)36(47)27-14-11-17-30(55-24-44)33(27)56-25-45/h10-18,23-25,52H,2-9,19-22H2,1H3,(H,49,50). The maximum atomic E-state index is 13.9. The number of benzene rings is 3. The number of carboxylic acid groups (broad SMARTS) is 1. The zero-order valence-electron chi connectivity index (χ0n) is 31.4. The highest BCUT2D eigenvalue weighted by Crippen LogP contribution is 2.33. The monoisotopic (exact) mass is 807 g/mol. The number of rotatable bonds is 24. The number of hydrogen-bond acceptors (Lipinski definition) is 15. The Morgan fingerprint density at radius 3 is 1.79 bits per heavy atom. The number of imide groups is 1. The molecule has 1 heterocycles. The number of para-hydroxylation sites is 3. The number of ether oxygens (including phenoxy) is 4. The minimum atomic E-state index is -1.55.